The van der Waals surface area contributed by atoms with Crippen molar-refractivity contribution in [3.05, 3.63) is 0 Å². The van der Waals surface area contributed by atoms with Gasteiger partial charge in [0.2, 0.25) is 5.91 Å². The van der Waals surface area contributed by atoms with Crippen molar-refractivity contribution < 1.29 is 9.53 Å². The first-order valence-electron chi connectivity index (χ1n) is 5.54. The van der Waals surface area contributed by atoms with E-state index in [1.54, 1.807) is 0 Å². The van der Waals surface area contributed by atoms with Crippen LogP contribution in [0.1, 0.15) is 33.6 Å². The summed E-state index contributed by atoms with van der Waals surface area (Å²) in [4.78, 5) is 11.7. The van der Waals surface area contributed by atoms with Crippen molar-refractivity contribution in [2.24, 2.45) is 11.8 Å². The maximum atomic E-state index is 11.7. The van der Waals surface area contributed by atoms with E-state index in [1.807, 2.05) is 0 Å². The summed E-state index contributed by atoms with van der Waals surface area (Å²) < 4.78 is 5.48. The van der Waals surface area contributed by atoms with Gasteiger partial charge in [0.15, 0.2) is 0 Å². The van der Waals surface area contributed by atoms with Gasteiger partial charge in [-0.1, -0.05) is 20.8 Å². The zero-order valence-electron chi connectivity index (χ0n) is 9.38. The predicted molar refractivity (Wildman–Crippen MR) is 56.0 cm³/mol. The number of hydrogen-bond donors (Lipinski definition) is 1. The molecule has 14 heavy (non-hydrogen) atoms. The van der Waals surface area contributed by atoms with Crippen LogP contribution in [-0.4, -0.2) is 25.2 Å². The number of carbonyl (C=O) groups excluding carboxylic acids is 1. The van der Waals surface area contributed by atoms with Crippen molar-refractivity contribution >= 4 is 5.91 Å². The standard InChI is InChI=1S/C11H21NO2/c1-4-10-9(5-6-14-10)11(13)12-7-8(2)3/h8-10H,4-7H2,1-3H3,(H,12,13). The smallest absolute Gasteiger partial charge is 0.225 e. The molecule has 3 nitrogen and oxygen atoms in total. The van der Waals surface area contributed by atoms with Gasteiger partial charge in [-0.25, -0.2) is 0 Å². The summed E-state index contributed by atoms with van der Waals surface area (Å²) in [7, 11) is 0. The van der Waals surface area contributed by atoms with Gasteiger partial charge in [-0.05, 0) is 18.8 Å². The van der Waals surface area contributed by atoms with E-state index in [-0.39, 0.29) is 17.9 Å². The molecule has 0 aromatic rings. The lowest BCUT2D eigenvalue weighted by Crippen LogP contribution is -2.36. The van der Waals surface area contributed by atoms with Crippen molar-refractivity contribution in [2.75, 3.05) is 13.2 Å². The van der Waals surface area contributed by atoms with Gasteiger partial charge in [-0.3, -0.25) is 4.79 Å². The largest absolute Gasteiger partial charge is 0.377 e. The quantitative estimate of drug-likeness (QED) is 0.746. The summed E-state index contributed by atoms with van der Waals surface area (Å²) in [6, 6.07) is 0. The highest BCUT2D eigenvalue weighted by Gasteiger charge is 2.32. The number of hydrogen-bond acceptors (Lipinski definition) is 2. The molecular formula is C11H21NO2. The maximum Gasteiger partial charge on any atom is 0.225 e. The second kappa shape index (κ2) is 5.35. The molecule has 0 aromatic carbocycles. The molecule has 1 aliphatic heterocycles. The molecule has 1 amide bonds. The lowest BCUT2D eigenvalue weighted by Gasteiger charge is -2.17. The number of amides is 1. The van der Waals surface area contributed by atoms with Crippen molar-refractivity contribution in [3.63, 3.8) is 0 Å². The van der Waals surface area contributed by atoms with E-state index in [2.05, 4.69) is 26.1 Å². The summed E-state index contributed by atoms with van der Waals surface area (Å²) >= 11 is 0. The van der Waals surface area contributed by atoms with Crippen molar-refractivity contribution in [2.45, 2.75) is 39.7 Å². The summed E-state index contributed by atoms with van der Waals surface area (Å²) in [5, 5.41) is 2.97. The monoisotopic (exact) mass is 199 g/mol. The first-order chi connectivity index (χ1) is 6.65. The molecule has 2 atom stereocenters. The van der Waals surface area contributed by atoms with Crippen molar-refractivity contribution in [1.82, 2.24) is 5.32 Å². The van der Waals surface area contributed by atoms with Crippen LogP contribution >= 0.6 is 0 Å². The van der Waals surface area contributed by atoms with Crippen LogP contribution in [0.3, 0.4) is 0 Å². The summed E-state index contributed by atoms with van der Waals surface area (Å²) in [5.41, 5.74) is 0. The first kappa shape index (κ1) is 11.5. The fourth-order valence-corrected chi connectivity index (χ4v) is 1.79. The topological polar surface area (TPSA) is 38.3 Å². The third-order valence-corrected chi connectivity index (χ3v) is 2.63. The molecule has 1 aliphatic rings. The minimum Gasteiger partial charge on any atom is -0.377 e. The molecule has 0 saturated carbocycles. The van der Waals surface area contributed by atoms with Crippen LogP contribution < -0.4 is 5.32 Å². The number of rotatable bonds is 4. The molecular weight excluding hydrogens is 178 g/mol. The third-order valence-electron chi connectivity index (χ3n) is 2.63. The Bertz CT molecular complexity index is 192. The fourth-order valence-electron chi connectivity index (χ4n) is 1.79. The third kappa shape index (κ3) is 2.98. The molecule has 2 unspecified atom stereocenters. The second-order valence-electron chi connectivity index (χ2n) is 4.35. The van der Waals surface area contributed by atoms with Crippen molar-refractivity contribution in [1.29, 1.82) is 0 Å². The van der Waals surface area contributed by atoms with E-state index in [1.165, 1.54) is 0 Å². The van der Waals surface area contributed by atoms with E-state index in [0.717, 1.165) is 26.0 Å². The van der Waals surface area contributed by atoms with Crippen LogP contribution in [0.5, 0.6) is 0 Å². The normalized spacial score (nSPS) is 26.9. The zero-order chi connectivity index (χ0) is 10.6. The highest BCUT2D eigenvalue weighted by atomic mass is 16.5. The van der Waals surface area contributed by atoms with Gasteiger partial charge in [-0.15, -0.1) is 0 Å². The molecule has 82 valence electrons. The number of carbonyl (C=O) groups is 1. The van der Waals surface area contributed by atoms with E-state index in [9.17, 15) is 4.79 Å². The van der Waals surface area contributed by atoms with Gasteiger partial charge in [0, 0.05) is 13.2 Å². The van der Waals surface area contributed by atoms with Gasteiger partial charge < -0.3 is 10.1 Å². The first-order valence-corrected chi connectivity index (χ1v) is 5.54. The molecule has 0 spiro atoms. The SMILES string of the molecule is CCC1OCCC1C(=O)NCC(C)C. The minimum atomic E-state index is 0.0822. The molecule has 0 aromatic heterocycles. The molecule has 1 saturated heterocycles. The predicted octanol–water partition coefficient (Wildman–Crippen LogP) is 1.57. The van der Waals surface area contributed by atoms with Gasteiger partial charge in [-0.2, -0.15) is 0 Å². The van der Waals surface area contributed by atoms with Crippen LogP contribution in [0.2, 0.25) is 0 Å². The van der Waals surface area contributed by atoms with E-state index >= 15 is 0 Å². The Labute approximate surface area is 86.2 Å². The second-order valence-corrected chi connectivity index (χ2v) is 4.35. The Morgan fingerprint density at radius 2 is 2.29 bits per heavy atom. The highest BCUT2D eigenvalue weighted by molar-refractivity contribution is 5.79. The Hall–Kier alpha value is -0.570. The molecule has 1 rings (SSSR count). The van der Waals surface area contributed by atoms with Crippen LogP contribution in [0, 0.1) is 11.8 Å². The Kier molecular flexibility index (Phi) is 4.39. The minimum absolute atomic E-state index is 0.0822. The van der Waals surface area contributed by atoms with Crippen LogP contribution in [-0.2, 0) is 9.53 Å². The Balaban J connectivity index is 2.35. The van der Waals surface area contributed by atoms with Gasteiger partial charge in [0.1, 0.15) is 0 Å². The highest BCUT2D eigenvalue weighted by Crippen LogP contribution is 2.23. The van der Waals surface area contributed by atoms with Crippen LogP contribution in [0.4, 0.5) is 0 Å². The average molecular weight is 199 g/mol. The lowest BCUT2D eigenvalue weighted by atomic mass is 9.98. The fraction of sp³-hybridized carbons (Fsp3) is 0.909. The molecule has 0 aliphatic carbocycles. The van der Waals surface area contributed by atoms with E-state index in [4.69, 9.17) is 4.74 Å². The van der Waals surface area contributed by atoms with Crippen LogP contribution in [0.25, 0.3) is 0 Å². The summed E-state index contributed by atoms with van der Waals surface area (Å²) in [5.74, 6) is 0.767. The average Bonchev–Trinajstić information content (AvgIpc) is 2.61. The summed E-state index contributed by atoms with van der Waals surface area (Å²) in [6.45, 7) is 7.77. The Morgan fingerprint density at radius 1 is 1.57 bits per heavy atom. The maximum absolute atomic E-state index is 11.7. The van der Waals surface area contributed by atoms with E-state index < -0.39 is 0 Å². The molecule has 3 heteroatoms. The van der Waals surface area contributed by atoms with Gasteiger partial charge in [0.05, 0.1) is 12.0 Å². The molecule has 1 N–H and O–H groups in total. The van der Waals surface area contributed by atoms with Gasteiger partial charge in [0.25, 0.3) is 0 Å². The number of ether oxygens (including phenoxy) is 1. The zero-order valence-corrected chi connectivity index (χ0v) is 9.38. The van der Waals surface area contributed by atoms with Gasteiger partial charge >= 0.3 is 0 Å². The molecule has 0 bridgehead atoms. The van der Waals surface area contributed by atoms with E-state index in [0.29, 0.717) is 5.92 Å². The molecule has 1 heterocycles. The number of nitrogens with one attached hydrogen (secondary N) is 1. The lowest BCUT2D eigenvalue weighted by molar-refractivity contribution is -0.126. The van der Waals surface area contributed by atoms with Crippen molar-refractivity contribution in [3.8, 4) is 0 Å². The molecule has 0 radical (unpaired) electrons. The van der Waals surface area contributed by atoms with Crippen LogP contribution in [0.15, 0.2) is 0 Å². The molecule has 1 fully saturated rings. The summed E-state index contributed by atoms with van der Waals surface area (Å²) in [6.07, 6.45) is 1.95. The Morgan fingerprint density at radius 3 is 2.86 bits per heavy atom.